The maximum absolute atomic E-state index is 10.4. The Morgan fingerprint density at radius 1 is 0.800 bits per heavy atom. The number of nitrogens with zero attached hydrogens (tertiary/aromatic N) is 1. The zero-order valence-electron chi connectivity index (χ0n) is 13.3. The summed E-state index contributed by atoms with van der Waals surface area (Å²) in [4.78, 5) is 1.52. The molecule has 146 valence electrons. The van der Waals surface area contributed by atoms with Crippen molar-refractivity contribution >= 4 is 0 Å². The summed E-state index contributed by atoms with van der Waals surface area (Å²) in [6, 6.07) is -1.62. The number of hydrogen-bond acceptors (Lipinski definition) is 11. The predicted octanol–water partition coefficient (Wildman–Crippen LogP) is -5.69. The largest absolute Gasteiger partial charge is 0.395 e. The molecule has 3 rings (SSSR count). The second kappa shape index (κ2) is 7.29. The lowest BCUT2D eigenvalue weighted by Gasteiger charge is -2.40. The van der Waals surface area contributed by atoms with Crippen LogP contribution in [0.2, 0.25) is 0 Å². The molecule has 11 nitrogen and oxygen atoms in total. The highest BCUT2D eigenvalue weighted by Gasteiger charge is 2.58. The molecule has 3 aliphatic heterocycles. The molecule has 0 spiro atoms. The molecular weight excluding hydrogens is 342 g/mol. The van der Waals surface area contributed by atoms with Crippen LogP contribution in [0.25, 0.3) is 0 Å². The third-order valence-corrected chi connectivity index (χ3v) is 5.37. The van der Waals surface area contributed by atoms with Crippen molar-refractivity contribution < 1.29 is 50.3 Å². The molecule has 0 saturated carbocycles. The van der Waals surface area contributed by atoms with Gasteiger partial charge >= 0.3 is 0 Å². The van der Waals surface area contributed by atoms with Crippen molar-refractivity contribution in [3.8, 4) is 0 Å². The molecule has 0 aliphatic carbocycles. The van der Waals surface area contributed by atoms with Gasteiger partial charge in [0.1, 0.15) is 30.5 Å². The standard InChI is InChI=1S/C14H25NO10/c16-2-4-8(18)11(21)7-9(19)5(1-15(4)7)24-14-13(23)12(22)10(20)6(3-17)25-14/h4-14,16-23H,1-3H2/t4-,5+,6?,7-,8-,9-,10-,11-,12+,13?,14-/m1/s1. The molecule has 0 radical (unpaired) electrons. The Hall–Kier alpha value is -0.440. The minimum Gasteiger partial charge on any atom is -0.395 e. The molecule has 3 aliphatic rings. The van der Waals surface area contributed by atoms with E-state index < -0.39 is 80.4 Å². The third kappa shape index (κ3) is 3.09. The van der Waals surface area contributed by atoms with Gasteiger partial charge in [0.25, 0.3) is 0 Å². The van der Waals surface area contributed by atoms with Crippen molar-refractivity contribution in [2.75, 3.05) is 19.8 Å². The summed E-state index contributed by atoms with van der Waals surface area (Å²) in [5.74, 6) is 0. The lowest BCUT2D eigenvalue weighted by Crippen LogP contribution is -2.60. The average molecular weight is 367 g/mol. The zero-order valence-corrected chi connectivity index (χ0v) is 13.3. The Labute approximate surface area is 143 Å². The van der Waals surface area contributed by atoms with Gasteiger partial charge in [0, 0.05) is 6.54 Å². The van der Waals surface area contributed by atoms with E-state index in [9.17, 15) is 40.9 Å². The Balaban J connectivity index is 1.70. The quantitative estimate of drug-likeness (QED) is 0.237. The summed E-state index contributed by atoms with van der Waals surface area (Å²) < 4.78 is 10.8. The normalized spacial score (nSPS) is 54.0. The van der Waals surface area contributed by atoms with Crippen molar-refractivity contribution in [3.05, 3.63) is 0 Å². The van der Waals surface area contributed by atoms with Crippen molar-refractivity contribution in [1.29, 1.82) is 0 Å². The molecule has 11 heteroatoms. The third-order valence-electron chi connectivity index (χ3n) is 5.37. The van der Waals surface area contributed by atoms with Gasteiger partial charge in [-0.2, -0.15) is 0 Å². The fourth-order valence-corrected chi connectivity index (χ4v) is 3.92. The second-order valence-corrected chi connectivity index (χ2v) is 6.78. The van der Waals surface area contributed by atoms with Crippen LogP contribution in [0, 0.1) is 0 Å². The van der Waals surface area contributed by atoms with E-state index >= 15 is 0 Å². The van der Waals surface area contributed by atoms with Gasteiger partial charge in [0.2, 0.25) is 0 Å². The van der Waals surface area contributed by atoms with Gasteiger partial charge in [-0.05, 0) is 0 Å². The maximum atomic E-state index is 10.4. The Morgan fingerprint density at radius 2 is 1.48 bits per heavy atom. The highest BCUT2D eigenvalue weighted by Crippen LogP contribution is 2.36. The minimum absolute atomic E-state index is 0.0419. The van der Waals surface area contributed by atoms with Crippen molar-refractivity contribution in [2.24, 2.45) is 0 Å². The molecule has 3 saturated heterocycles. The summed E-state index contributed by atoms with van der Waals surface area (Å²) in [7, 11) is 0. The van der Waals surface area contributed by atoms with Crippen molar-refractivity contribution in [2.45, 2.75) is 67.2 Å². The summed E-state index contributed by atoms with van der Waals surface area (Å²) in [5, 5.41) is 78.5. The van der Waals surface area contributed by atoms with E-state index in [0.29, 0.717) is 0 Å². The van der Waals surface area contributed by atoms with E-state index in [0.717, 1.165) is 0 Å². The fraction of sp³-hybridized carbons (Fsp3) is 1.00. The monoisotopic (exact) mass is 367 g/mol. The summed E-state index contributed by atoms with van der Waals surface area (Å²) in [5.41, 5.74) is 0. The number of aliphatic hydroxyl groups excluding tert-OH is 8. The van der Waals surface area contributed by atoms with Gasteiger partial charge in [0.05, 0.1) is 43.6 Å². The zero-order chi connectivity index (χ0) is 18.5. The van der Waals surface area contributed by atoms with Crippen LogP contribution in [-0.2, 0) is 9.47 Å². The topological polar surface area (TPSA) is 184 Å². The summed E-state index contributed by atoms with van der Waals surface area (Å²) in [6.45, 7) is -0.987. The van der Waals surface area contributed by atoms with E-state index in [4.69, 9.17) is 9.47 Å². The van der Waals surface area contributed by atoms with Crippen molar-refractivity contribution in [3.63, 3.8) is 0 Å². The van der Waals surface area contributed by atoms with Gasteiger partial charge in [0.15, 0.2) is 6.29 Å². The van der Waals surface area contributed by atoms with Crippen LogP contribution in [0.1, 0.15) is 0 Å². The second-order valence-electron chi connectivity index (χ2n) is 6.78. The number of rotatable bonds is 4. The van der Waals surface area contributed by atoms with Crippen LogP contribution in [-0.4, -0.2) is 133 Å². The first-order valence-electron chi connectivity index (χ1n) is 8.18. The van der Waals surface area contributed by atoms with Gasteiger partial charge in [-0.3, -0.25) is 4.90 Å². The molecule has 11 atom stereocenters. The van der Waals surface area contributed by atoms with E-state index in [1.807, 2.05) is 0 Å². The Kier molecular flexibility index (Phi) is 5.63. The van der Waals surface area contributed by atoms with Crippen LogP contribution >= 0.6 is 0 Å². The number of aliphatic hydroxyl groups is 8. The summed E-state index contributed by atoms with van der Waals surface area (Å²) >= 11 is 0. The van der Waals surface area contributed by atoms with Crippen LogP contribution in [0.5, 0.6) is 0 Å². The molecule has 8 N–H and O–H groups in total. The molecule has 3 heterocycles. The molecule has 0 bridgehead atoms. The molecule has 0 aromatic carbocycles. The van der Waals surface area contributed by atoms with E-state index in [1.54, 1.807) is 0 Å². The first-order valence-corrected chi connectivity index (χ1v) is 8.18. The van der Waals surface area contributed by atoms with Gasteiger partial charge in [-0.15, -0.1) is 0 Å². The average Bonchev–Trinajstić information content (AvgIpc) is 3.03. The van der Waals surface area contributed by atoms with Crippen LogP contribution in [0.15, 0.2) is 0 Å². The van der Waals surface area contributed by atoms with Crippen LogP contribution in [0.4, 0.5) is 0 Å². The smallest absolute Gasteiger partial charge is 0.187 e. The first-order chi connectivity index (χ1) is 11.8. The lowest BCUT2D eigenvalue weighted by atomic mass is 9.99. The lowest BCUT2D eigenvalue weighted by molar-refractivity contribution is -0.314. The predicted molar refractivity (Wildman–Crippen MR) is 78.0 cm³/mol. The fourth-order valence-electron chi connectivity index (χ4n) is 3.92. The van der Waals surface area contributed by atoms with Crippen molar-refractivity contribution in [1.82, 2.24) is 4.90 Å². The molecule has 0 amide bonds. The highest BCUT2D eigenvalue weighted by atomic mass is 16.7. The van der Waals surface area contributed by atoms with Gasteiger partial charge < -0.3 is 50.3 Å². The number of ether oxygens (including phenoxy) is 2. The molecule has 25 heavy (non-hydrogen) atoms. The van der Waals surface area contributed by atoms with Gasteiger partial charge in [-0.25, -0.2) is 0 Å². The summed E-state index contributed by atoms with van der Waals surface area (Å²) in [6.07, 6.45) is -12.0. The van der Waals surface area contributed by atoms with Crippen LogP contribution in [0.3, 0.4) is 0 Å². The molecule has 0 aromatic rings. The molecular formula is C14H25NO10. The SMILES string of the molecule is OCC1O[C@@H](O[C@H]2CN3[C@@H]([C@@H](O)[C@H](O)[C@H]3CO)[C@@H]2O)C(O)[C@@H](O)[C@@H]1O. The molecule has 0 aromatic heterocycles. The van der Waals surface area contributed by atoms with Crippen LogP contribution < -0.4 is 0 Å². The Bertz CT molecular complexity index is 467. The van der Waals surface area contributed by atoms with E-state index in [1.165, 1.54) is 4.90 Å². The number of hydrogen-bond donors (Lipinski definition) is 8. The first kappa shape index (κ1) is 19.3. The maximum Gasteiger partial charge on any atom is 0.187 e. The van der Waals surface area contributed by atoms with E-state index in [2.05, 4.69) is 0 Å². The number of fused-ring (bicyclic) bond motifs is 1. The van der Waals surface area contributed by atoms with Gasteiger partial charge in [-0.1, -0.05) is 0 Å². The Morgan fingerprint density at radius 3 is 2.08 bits per heavy atom. The minimum atomic E-state index is -1.61. The molecule has 3 fully saturated rings. The highest BCUT2D eigenvalue weighted by molar-refractivity contribution is 5.10. The molecule has 2 unspecified atom stereocenters. The van der Waals surface area contributed by atoms with E-state index in [-0.39, 0.29) is 6.54 Å².